The van der Waals surface area contributed by atoms with E-state index >= 15 is 0 Å². The lowest BCUT2D eigenvalue weighted by molar-refractivity contribution is -0.00255. The van der Waals surface area contributed by atoms with E-state index in [-0.39, 0.29) is 11.5 Å². The van der Waals surface area contributed by atoms with Gasteiger partial charge in [-0.15, -0.1) is 0 Å². The third-order valence-electron chi connectivity index (χ3n) is 2.33. The Morgan fingerprint density at radius 3 is 2.23 bits per heavy atom. The largest absolute Gasteiger partial charge is 0.639 e. The Morgan fingerprint density at radius 2 is 1.77 bits per heavy atom. The molecule has 13 heavy (non-hydrogen) atoms. The fourth-order valence-corrected chi connectivity index (χ4v) is 0.916. The van der Waals surface area contributed by atoms with Crippen LogP contribution in [0.25, 0.3) is 0 Å². The summed E-state index contributed by atoms with van der Waals surface area (Å²) >= 11 is 0. The minimum Gasteiger partial charge on any atom is -0.386 e. The van der Waals surface area contributed by atoms with Crippen molar-refractivity contribution in [2.24, 2.45) is 5.41 Å². The Bertz CT molecular complexity index is 149. The smallest absolute Gasteiger partial charge is 0.386 e. The average molecular weight is 186 g/mol. The highest BCUT2D eigenvalue weighted by molar-refractivity contribution is 6.36. The summed E-state index contributed by atoms with van der Waals surface area (Å²) in [4.78, 5) is 0. The molecule has 1 aliphatic heterocycles. The molecule has 4 heteroatoms. The Labute approximate surface area is 80.9 Å². The summed E-state index contributed by atoms with van der Waals surface area (Å²) in [7, 11) is -0.456. The van der Waals surface area contributed by atoms with Gasteiger partial charge in [-0.25, -0.2) is 0 Å². The SMILES string of the molecule is CC(OB1OCCCO1)C(C)(C)C. The van der Waals surface area contributed by atoms with Crippen molar-refractivity contribution in [2.45, 2.75) is 40.2 Å². The van der Waals surface area contributed by atoms with Crippen LogP contribution in [0.5, 0.6) is 0 Å². The predicted octanol–water partition coefficient (Wildman–Crippen LogP) is 1.86. The first-order chi connectivity index (χ1) is 6.00. The van der Waals surface area contributed by atoms with Gasteiger partial charge in [-0.2, -0.15) is 0 Å². The molecule has 0 aromatic carbocycles. The molecule has 0 bridgehead atoms. The highest BCUT2D eigenvalue weighted by Crippen LogP contribution is 2.23. The zero-order valence-corrected chi connectivity index (χ0v) is 9.00. The molecule has 1 saturated heterocycles. The van der Waals surface area contributed by atoms with Crippen LogP contribution in [0.3, 0.4) is 0 Å². The van der Waals surface area contributed by atoms with Crippen molar-refractivity contribution in [1.29, 1.82) is 0 Å². The van der Waals surface area contributed by atoms with E-state index < -0.39 is 7.32 Å². The van der Waals surface area contributed by atoms with Crippen LogP contribution in [0.4, 0.5) is 0 Å². The van der Waals surface area contributed by atoms with Crippen LogP contribution in [0.2, 0.25) is 0 Å². The molecule has 1 unspecified atom stereocenters. The molecule has 0 spiro atoms. The van der Waals surface area contributed by atoms with Gasteiger partial charge in [0.25, 0.3) is 0 Å². The van der Waals surface area contributed by atoms with E-state index in [1.807, 2.05) is 6.92 Å². The van der Waals surface area contributed by atoms with Crippen LogP contribution in [-0.2, 0) is 14.0 Å². The second-order valence-corrected chi connectivity index (χ2v) is 4.53. The van der Waals surface area contributed by atoms with Crippen molar-refractivity contribution in [3.8, 4) is 0 Å². The summed E-state index contributed by atoms with van der Waals surface area (Å²) in [6, 6.07) is 0. The molecule has 1 atom stereocenters. The highest BCUT2D eigenvalue weighted by atomic mass is 16.7. The fourth-order valence-electron chi connectivity index (χ4n) is 0.916. The van der Waals surface area contributed by atoms with E-state index in [9.17, 15) is 0 Å². The average Bonchev–Trinajstić information content (AvgIpc) is 2.04. The topological polar surface area (TPSA) is 27.7 Å². The molecule has 1 heterocycles. The first kappa shape index (κ1) is 11.0. The quantitative estimate of drug-likeness (QED) is 0.616. The molecule has 76 valence electrons. The molecule has 1 rings (SSSR count). The van der Waals surface area contributed by atoms with Crippen molar-refractivity contribution in [1.82, 2.24) is 0 Å². The summed E-state index contributed by atoms with van der Waals surface area (Å²) in [6.45, 7) is 9.94. The van der Waals surface area contributed by atoms with E-state index in [0.29, 0.717) is 0 Å². The van der Waals surface area contributed by atoms with Crippen LogP contribution >= 0.6 is 0 Å². The van der Waals surface area contributed by atoms with Gasteiger partial charge in [-0.3, -0.25) is 0 Å². The van der Waals surface area contributed by atoms with Gasteiger partial charge in [0.1, 0.15) is 0 Å². The van der Waals surface area contributed by atoms with Crippen LogP contribution in [0, 0.1) is 5.41 Å². The van der Waals surface area contributed by atoms with Crippen LogP contribution < -0.4 is 0 Å². The molecule has 0 aromatic rings. The van der Waals surface area contributed by atoms with Gasteiger partial charge in [0.05, 0.1) is 0 Å². The molecule has 0 saturated carbocycles. The second kappa shape index (κ2) is 4.44. The summed E-state index contributed by atoms with van der Waals surface area (Å²) in [5, 5.41) is 0. The molecule has 0 N–H and O–H groups in total. The Morgan fingerprint density at radius 1 is 1.23 bits per heavy atom. The molecule has 0 amide bonds. The van der Waals surface area contributed by atoms with Crippen molar-refractivity contribution in [3.63, 3.8) is 0 Å². The molecule has 1 fully saturated rings. The van der Waals surface area contributed by atoms with Crippen molar-refractivity contribution in [3.05, 3.63) is 0 Å². The summed E-state index contributed by atoms with van der Waals surface area (Å²) in [5.41, 5.74) is 0.129. The zero-order valence-electron chi connectivity index (χ0n) is 9.00. The van der Waals surface area contributed by atoms with Crippen LogP contribution in [0.1, 0.15) is 34.1 Å². The molecular formula is C9H19BO3. The highest BCUT2D eigenvalue weighted by Gasteiger charge is 2.31. The molecule has 0 aromatic heterocycles. The molecule has 1 aliphatic rings. The van der Waals surface area contributed by atoms with E-state index in [1.165, 1.54) is 0 Å². The monoisotopic (exact) mass is 186 g/mol. The Hall–Kier alpha value is -0.0551. The summed E-state index contributed by atoms with van der Waals surface area (Å²) in [5.74, 6) is 0. The van der Waals surface area contributed by atoms with Gasteiger partial charge in [0.2, 0.25) is 0 Å². The maximum Gasteiger partial charge on any atom is 0.639 e. The Balaban J connectivity index is 2.30. The van der Waals surface area contributed by atoms with Gasteiger partial charge in [-0.1, -0.05) is 20.8 Å². The van der Waals surface area contributed by atoms with Crippen molar-refractivity contribution >= 4 is 7.32 Å². The Kier molecular flexibility index (Phi) is 3.77. The van der Waals surface area contributed by atoms with E-state index in [2.05, 4.69) is 20.8 Å². The minimum absolute atomic E-state index is 0.129. The molecule has 0 radical (unpaired) electrons. The first-order valence-corrected chi connectivity index (χ1v) is 4.89. The normalized spacial score (nSPS) is 21.7. The molecule has 0 aliphatic carbocycles. The van der Waals surface area contributed by atoms with Gasteiger partial charge in [-0.05, 0) is 18.8 Å². The summed E-state index contributed by atoms with van der Waals surface area (Å²) in [6.07, 6.45) is 1.10. The summed E-state index contributed by atoms with van der Waals surface area (Å²) < 4.78 is 16.2. The van der Waals surface area contributed by atoms with Crippen molar-refractivity contribution in [2.75, 3.05) is 13.2 Å². The number of hydrogen-bond donors (Lipinski definition) is 0. The van der Waals surface area contributed by atoms with E-state index in [4.69, 9.17) is 14.0 Å². The van der Waals surface area contributed by atoms with Crippen LogP contribution in [-0.4, -0.2) is 26.6 Å². The van der Waals surface area contributed by atoms with E-state index in [1.54, 1.807) is 0 Å². The van der Waals surface area contributed by atoms with Gasteiger partial charge >= 0.3 is 7.32 Å². The van der Waals surface area contributed by atoms with Gasteiger partial charge in [0.15, 0.2) is 0 Å². The lowest BCUT2D eigenvalue weighted by Gasteiger charge is -2.30. The fraction of sp³-hybridized carbons (Fsp3) is 1.00. The molecular weight excluding hydrogens is 167 g/mol. The van der Waals surface area contributed by atoms with Crippen molar-refractivity contribution < 1.29 is 14.0 Å². The maximum atomic E-state index is 5.61. The lowest BCUT2D eigenvalue weighted by atomic mass is 9.89. The zero-order chi connectivity index (χ0) is 9.90. The third kappa shape index (κ3) is 3.67. The second-order valence-electron chi connectivity index (χ2n) is 4.53. The van der Waals surface area contributed by atoms with Gasteiger partial charge < -0.3 is 14.0 Å². The van der Waals surface area contributed by atoms with E-state index in [0.717, 1.165) is 19.6 Å². The number of rotatable bonds is 2. The van der Waals surface area contributed by atoms with Gasteiger partial charge in [0, 0.05) is 19.3 Å². The standard InChI is InChI=1S/C9H19BO3/c1-8(9(2,3)4)13-10-11-6-5-7-12-10/h8H,5-7H2,1-4H3. The minimum atomic E-state index is -0.456. The number of hydrogen-bond acceptors (Lipinski definition) is 3. The predicted molar refractivity (Wildman–Crippen MR) is 52.3 cm³/mol. The first-order valence-electron chi connectivity index (χ1n) is 4.89. The molecule has 3 nitrogen and oxygen atoms in total. The third-order valence-corrected chi connectivity index (χ3v) is 2.33. The van der Waals surface area contributed by atoms with Crippen LogP contribution in [0.15, 0.2) is 0 Å². The maximum absolute atomic E-state index is 5.61. The lowest BCUT2D eigenvalue weighted by Crippen LogP contribution is -2.39.